The van der Waals surface area contributed by atoms with E-state index in [2.05, 4.69) is 158 Å². The fourth-order valence-electron chi connectivity index (χ4n) is 7.64. The molecule has 0 saturated carbocycles. The lowest BCUT2D eigenvalue weighted by atomic mass is 9.84. The summed E-state index contributed by atoms with van der Waals surface area (Å²) in [6.07, 6.45) is 0. The van der Waals surface area contributed by atoms with Crippen LogP contribution < -0.4 is 4.74 Å². The third kappa shape index (κ3) is 3.50. The lowest BCUT2D eigenvalue weighted by Crippen LogP contribution is -1.99. The van der Waals surface area contributed by atoms with Crippen molar-refractivity contribution in [2.24, 2.45) is 0 Å². The average Bonchev–Trinajstić information content (AvgIpc) is 3.11. The number of benzene rings is 9. The van der Waals surface area contributed by atoms with E-state index in [0.717, 1.165) is 22.4 Å². The molecule has 45 heavy (non-hydrogen) atoms. The molecule has 0 amide bonds. The number of hydrogen-bond donors (Lipinski definition) is 0. The van der Waals surface area contributed by atoms with E-state index in [0.29, 0.717) is 0 Å². The summed E-state index contributed by atoms with van der Waals surface area (Å²) in [5, 5.41) is 12.3. The van der Waals surface area contributed by atoms with Gasteiger partial charge in [0.2, 0.25) is 0 Å². The minimum Gasteiger partial charge on any atom is -0.455 e. The van der Waals surface area contributed by atoms with Crippen LogP contribution in [0.2, 0.25) is 0 Å². The fraction of sp³-hybridized carbons (Fsp3) is 0. The van der Waals surface area contributed by atoms with E-state index >= 15 is 0 Å². The standard InChI is InChI=1S/C44H26O/c1-2-12-28(13-3-1)42-30-15-6-5-14-29(30)25-38-32-17-8-9-18-33(32)39(26-40(38)42)34-23-24-41-43-35(34)19-10-20-36(43)37-22-21-27-11-4-7-16-31(27)44(37)45-41/h1-26H. The van der Waals surface area contributed by atoms with Crippen molar-refractivity contribution in [3.05, 3.63) is 158 Å². The predicted molar refractivity (Wildman–Crippen MR) is 190 cm³/mol. The summed E-state index contributed by atoms with van der Waals surface area (Å²) in [7, 11) is 0. The summed E-state index contributed by atoms with van der Waals surface area (Å²) < 4.78 is 6.74. The molecule has 1 nitrogen and oxygen atoms in total. The molecule has 0 bridgehead atoms. The summed E-state index contributed by atoms with van der Waals surface area (Å²) in [6.45, 7) is 0. The molecule has 10 rings (SSSR count). The molecule has 1 heterocycles. The van der Waals surface area contributed by atoms with Crippen molar-refractivity contribution in [2.75, 3.05) is 0 Å². The zero-order valence-electron chi connectivity index (χ0n) is 24.4. The van der Waals surface area contributed by atoms with Gasteiger partial charge in [-0.05, 0) is 95.2 Å². The highest BCUT2D eigenvalue weighted by atomic mass is 16.5. The van der Waals surface area contributed by atoms with Crippen molar-refractivity contribution in [2.45, 2.75) is 0 Å². The van der Waals surface area contributed by atoms with E-state index in [1.54, 1.807) is 0 Å². The summed E-state index contributed by atoms with van der Waals surface area (Å²) in [5.41, 5.74) is 7.33. The van der Waals surface area contributed by atoms with E-state index < -0.39 is 0 Å². The Balaban J connectivity index is 1.32. The van der Waals surface area contributed by atoms with E-state index in [9.17, 15) is 0 Å². The minimum atomic E-state index is 0.911. The van der Waals surface area contributed by atoms with E-state index in [1.165, 1.54) is 76.3 Å². The van der Waals surface area contributed by atoms with E-state index in [4.69, 9.17) is 4.74 Å². The van der Waals surface area contributed by atoms with Crippen molar-refractivity contribution < 1.29 is 4.74 Å². The van der Waals surface area contributed by atoms with Gasteiger partial charge in [-0.2, -0.15) is 0 Å². The molecule has 208 valence electrons. The second-order valence-electron chi connectivity index (χ2n) is 12.0. The zero-order valence-corrected chi connectivity index (χ0v) is 24.4. The summed E-state index contributed by atoms with van der Waals surface area (Å²) in [6, 6.07) is 57.3. The molecule has 1 heteroatoms. The normalized spacial score (nSPS) is 12.2. The van der Waals surface area contributed by atoms with Gasteiger partial charge in [0.15, 0.2) is 0 Å². The Morgan fingerprint density at radius 1 is 0.333 bits per heavy atom. The quantitative estimate of drug-likeness (QED) is 0.148. The maximum atomic E-state index is 6.74. The molecule has 0 atom stereocenters. The zero-order chi connectivity index (χ0) is 29.5. The molecule has 0 unspecified atom stereocenters. The van der Waals surface area contributed by atoms with Gasteiger partial charge in [0.1, 0.15) is 11.5 Å². The minimum absolute atomic E-state index is 0.911. The SMILES string of the molecule is c1ccc(-c2c3ccccc3cc3c2cc(-c2ccc4c5c(cccc25)-c2ccc5ccccc5c2O4)c2ccccc23)cc1. The van der Waals surface area contributed by atoms with Crippen molar-refractivity contribution in [3.63, 3.8) is 0 Å². The molecule has 0 fully saturated rings. The van der Waals surface area contributed by atoms with Gasteiger partial charge in [0.05, 0.1) is 0 Å². The first-order chi connectivity index (χ1) is 22.3. The van der Waals surface area contributed by atoms with Gasteiger partial charge >= 0.3 is 0 Å². The molecule has 0 N–H and O–H groups in total. The molecule has 0 spiro atoms. The number of hydrogen-bond acceptors (Lipinski definition) is 1. The van der Waals surface area contributed by atoms with Crippen LogP contribution in [0, 0.1) is 0 Å². The Kier molecular flexibility index (Phi) is 5.06. The van der Waals surface area contributed by atoms with Crippen LogP contribution in [-0.4, -0.2) is 0 Å². The van der Waals surface area contributed by atoms with Gasteiger partial charge in [-0.1, -0.05) is 133 Å². The first kappa shape index (κ1) is 24.5. The van der Waals surface area contributed by atoms with E-state index in [1.807, 2.05) is 0 Å². The molecular weight excluding hydrogens is 544 g/mol. The second kappa shape index (κ2) is 9.29. The van der Waals surface area contributed by atoms with Crippen molar-refractivity contribution >= 4 is 53.9 Å². The maximum absolute atomic E-state index is 6.74. The van der Waals surface area contributed by atoms with Crippen LogP contribution in [0.3, 0.4) is 0 Å². The summed E-state index contributed by atoms with van der Waals surface area (Å²) >= 11 is 0. The van der Waals surface area contributed by atoms with Gasteiger partial charge in [0, 0.05) is 16.3 Å². The number of fused-ring (bicyclic) bond motifs is 8. The van der Waals surface area contributed by atoms with Crippen LogP contribution in [0.15, 0.2) is 158 Å². The van der Waals surface area contributed by atoms with Crippen molar-refractivity contribution in [1.82, 2.24) is 0 Å². The Labute approximate surface area is 260 Å². The number of rotatable bonds is 2. The van der Waals surface area contributed by atoms with Crippen LogP contribution in [-0.2, 0) is 0 Å². The van der Waals surface area contributed by atoms with Gasteiger partial charge in [-0.15, -0.1) is 0 Å². The van der Waals surface area contributed by atoms with E-state index in [-0.39, 0.29) is 0 Å². The van der Waals surface area contributed by atoms with Crippen LogP contribution in [0.4, 0.5) is 0 Å². The highest BCUT2D eigenvalue weighted by Crippen LogP contribution is 2.52. The monoisotopic (exact) mass is 570 g/mol. The number of ether oxygens (including phenoxy) is 1. The summed E-state index contributed by atoms with van der Waals surface area (Å²) in [5.74, 6) is 1.85. The Morgan fingerprint density at radius 3 is 1.89 bits per heavy atom. The Morgan fingerprint density at radius 2 is 1.02 bits per heavy atom. The first-order valence-corrected chi connectivity index (χ1v) is 15.5. The highest BCUT2D eigenvalue weighted by Gasteiger charge is 2.24. The van der Waals surface area contributed by atoms with Crippen LogP contribution in [0.1, 0.15) is 0 Å². The van der Waals surface area contributed by atoms with Crippen LogP contribution in [0.5, 0.6) is 11.5 Å². The predicted octanol–water partition coefficient (Wildman–Crippen LogP) is 12.6. The van der Waals surface area contributed by atoms with Crippen LogP contribution in [0.25, 0.3) is 87.2 Å². The average molecular weight is 571 g/mol. The largest absolute Gasteiger partial charge is 0.455 e. The Bertz CT molecular complexity index is 2670. The fourth-order valence-corrected chi connectivity index (χ4v) is 7.64. The highest BCUT2D eigenvalue weighted by molar-refractivity contribution is 6.24. The molecular formula is C44H26O. The topological polar surface area (TPSA) is 9.23 Å². The molecule has 0 saturated heterocycles. The third-order valence-corrected chi connectivity index (χ3v) is 9.62. The molecule has 1 aliphatic heterocycles. The molecule has 0 aliphatic carbocycles. The van der Waals surface area contributed by atoms with Gasteiger partial charge < -0.3 is 4.74 Å². The molecule has 9 aromatic carbocycles. The lowest BCUT2D eigenvalue weighted by molar-refractivity contribution is 0.493. The van der Waals surface area contributed by atoms with Crippen molar-refractivity contribution in [3.8, 4) is 44.9 Å². The summed E-state index contributed by atoms with van der Waals surface area (Å²) in [4.78, 5) is 0. The smallest absolute Gasteiger partial charge is 0.143 e. The molecule has 9 aromatic rings. The maximum Gasteiger partial charge on any atom is 0.143 e. The second-order valence-corrected chi connectivity index (χ2v) is 12.0. The first-order valence-electron chi connectivity index (χ1n) is 15.5. The third-order valence-electron chi connectivity index (χ3n) is 9.62. The lowest BCUT2D eigenvalue weighted by Gasteiger charge is -2.24. The molecule has 1 aliphatic rings. The van der Waals surface area contributed by atoms with Crippen LogP contribution >= 0.6 is 0 Å². The van der Waals surface area contributed by atoms with Crippen molar-refractivity contribution in [1.29, 1.82) is 0 Å². The van der Waals surface area contributed by atoms with Gasteiger partial charge in [-0.3, -0.25) is 0 Å². The molecule has 0 aromatic heterocycles. The van der Waals surface area contributed by atoms with Gasteiger partial charge in [-0.25, -0.2) is 0 Å². The molecule has 0 radical (unpaired) electrons. The Hall–Kier alpha value is -5.92. The van der Waals surface area contributed by atoms with Gasteiger partial charge in [0.25, 0.3) is 0 Å².